The van der Waals surface area contributed by atoms with Crippen LogP contribution in [-0.4, -0.2) is 51.7 Å². The molecule has 1 aliphatic rings. The highest BCUT2D eigenvalue weighted by molar-refractivity contribution is 7.89. The van der Waals surface area contributed by atoms with Crippen molar-refractivity contribution >= 4 is 23.9 Å². The quantitative estimate of drug-likeness (QED) is 0.468. The fourth-order valence-electron chi connectivity index (χ4n) is 2.80. The van der Waals surface area contributed by atoms with E-state index in [2.05, 4.69) is 19.6 Å². The lowest BCUT2D eigenvalue weighted by molar-refractivity contribution is -0.112. The van der Waals surface area contributed by atoms with Gasteiger partial charge in [0.1, 0.15) is 6.23 Å². The predicted molar refractivity (Wildman–Crippen MR) is 96.7 cm³/mol. The van der Waals surface area contributed by atoms with Gasteiger partial charge in [0.15, 0.2) is 5.78 Å². The maximum absolute atomic E-state index is 12.8. The lowest BCUT2D eigenvalue weighted by atomic mass is 10.1. The Kier molecular flexibility index (Phi) is 7.64. The first-order valence-electron chi connectivity index (χ1n) is 8.28. The van der Waals surface area contributed by atoms with Gasteiger partial charge in [0, 0.05) is 21.2 Å². The topological polar surface area (TPSA) is 63.7 Å². The zero-order chi connectivity index (χ0) is 17.7. The number of carbonyl (C=O) groups excluding carboxylic acids is 1. The molecule has 5 nitrogen and oxygen atoms in total. The molecule has 0 aromatic carbocycles. The number of nitrogens with zero attached hydrogens (tertiary/aromatic N) is 1. The van der Waals surface area contributed by atoms with E-state index in [4.69, 9.17) is 4.74 Å². The van der Waals surface area contributed by atoms with Crippen molar-refractivity contribution in [3.8, 4) is 0 Å². The first-order chi connectivity index (χ1) is 10.6. The first-order valence-corrected chi connectivity index (χ1v) is 13.6. The summed E-state index contributed by atoms with van der Waals surface area (Å²) in [5.41, 5.74) is 0. The van der Waals surface area contributed by atoms with Gasteiger partial charge in [-0.1, -0.05) is 25.7 Å². The number of ketones is 1. The third-order valence-electron chi connectivity index (χ3n) is 4.11. The maximum Gasteiger partial charge on any atom is 0.216 e. The number of ether oxygens (including phenoxy) is 1. The number of rotatable bonds is 9. The van der Waals surface area contributed by atoms with Gasteiger partial charge in [0.05, 0.1) is 5.75 Å². The summed E-state index contributed by atoms with van der Waals surface area (Å²) in [5, 5.41) is 0. The molecule has 0 aliphatic carbocycles. The molecular formula is C16H31NO4SSi. The standard InChI is InChI=1S/C16H31NO4SSi/c1-14(18)8-6-7-9-15-10-11-16(21-2)17(15)22(19,20)12-13-23(3,4)5/h6,8,15-16H,7,9-13H2,1-5H3/b8-6+. The summed E-state index contributed by atoms with van der Waals surface area (Å²) in [5.74, 6) is 0.230. The number of sulfonamides is 1. The Bertz CT molecular complexity index is 525. The summed E-state index contributed by atoms with van der Waals surface area (Å²) in [4.78, 5) is 10.9. The van der Waals surface area contributed by atoms with E-state index in [1.165, 1.54) is 6.92 Å². The van der Waals surface area contributed by atoms with Crippen LogP contribution in [0.2, 0.25) is 25.7 Å². The summed E-state index contributed by atoms with van der Waals surface area (Å²) in [7, 11) is -3.14. The Hall–Kier alpha value is -0.503. The van der Waals surface area contributed by atoms with Crippen molar-refractivity contribution in [1.29, 1.82) is 0 Å². The molecule has 23 heavy (non-hydrogen) atoms. The maximum atomic E-state index is 12.8. The summed E-state index contributed by atoms with van der Waals surface area (Å²) < 4.78 is 32.6. The average molecular weight is 362 g/mol. The highest BCUT2D eigenvalue weighted by Crippen LogP contribution is 2.31. The van der Waals surface area contributed by atoms with E-state index in [1.807, 2.05) is 6.08 Å². The second-order valence-corrected chi connectivity index (χ2v) is 15.1. The number of hydrogen-bond donors (Lipinski definition) is 0. The van der Waals surface area contributed by atoms with Crippen LogP contribution in [0.3, 0.4) is 0 Å². The molecule has 0 radical (unpaired) electrons. The fraction of sp³-hybridized carbons (Fsp3) is 0.812. The van der Waals surface area contributed by atoms with Crippen LogP contribution in [0.4, 0.5) is 0 Å². The highest BCUT2D eigenvalue weighted by Gasteiger charge is 2.41. The summed E-state index contributed by atoms with van der Waals surface area (Å²) in [6.07, 6.45) is 6.03. The Morgan fingerprint density at radius 1 is 1.30 bits per heavy atom. The van der Waals surface area contributed by atoms with Crippen LogP contribution >= 0.6 is 0 Å². The van der Waals surface area contributed by atoms with E-state index in [9.17, 15) is 13.2 Å². The number of allylic oxidation sites excluding steroid dienone is 2. The van der Waals surface area contributed by atoms with Crippen LogP contribution in [-0.2, 0) is 19.6 Å². The molecule has 1 saturated heterocycles. The molecule has 1 aliphatic heterocycles. The first kappa shape index (κ1) is 20.5. The van der Waals surface area contributed by atoms with Gasteiger partial charge in [-0.3, -0.25) is 4.79 Å². The smallest absolute Gasteiger partial charge is 0.216 e. The van der Waals surface area contributed by atoms with Crippen LogP contribution in [0.1, 0.15) is 32.6 Å². The molecule has 0 N–H and O–H groups in total. The van der Waals surface area contributed by atoms with Crippen molar-refractivity contribution in [2.45, 2.75) is 70.6 Å². The Labute approximate surface area is 142 Å². The lowest BCUT2D eigenvalue weighted by Gasteiger charge is -2.29. The molecule has 2 atom stereocenters. The fourth-order valence-corrected chi connectivity index (χ4v) is 7.71. The van der Waals surface area contributed by atoms with Crippen molar-refractivity contribution in [3.63, 3.8) is 0 Å². The third-order valence-corrected chi connectivity index (χ3v) is 8.12. The van der Waals surface area contributed by atoms with Crippen molar-refractivity contribution in [2.75, 3.05) is 12.9 Å². The Morgan fingerprint density at radius 2 is 1.96 bits per heavy atom. The second-order valence-electron chi connectivity index (χ2n) is 7.47. The van der Waals surface area contributed by atoms with Crippen LogP contribution in [0, 0.1) is 0 Å². The highest BCUT2D eigenvalue weighted by atomic mass is 32.2. The molecule has 0 bridgehead atoms. The minimum absolute atomic E-state index is 0.0193. The largest absolute Gasteiger partial charge is 0.365 e. The molecule has 2 unspecified atom stereocenters. The molecule has 1 rings (SSSR count). The summed E-state index contributed by atoms with van der Waals surface area (Å²) in [6.45, 7) is 8.07. The van der Waals surface area contributed by atoms with Gasteiger partial charge < -0.3 is 4.74 Å². The van der Waals surface area contributed by atoms with Crippen molar-refractivity contribution in [3.05, 3.63) is 12.2 Å². The number of carbonyl (C=O) groups is 1. The third kappa shape index (κ3) is 6.87. The van der Waals surface area contributed by atoms with E-state index in [1.54, 1.807) is 17.5 Å². The van der Waals surface area contributed by atoms with E-state index < -0.39 is 18.1 Å². The van der Waals surface area contributed by atoms with Gasteiger partial charge in [0.2, 0.25) is 10.0 Å². The summed E-state index contributed by atoms with van der Waals surface area (Å²) in [6, 6.07) is 0.738. The van der Waals surface area contributed by atoms with Gasteiger partial charge in [0.25, 0.3) is 0 Å². The lowest BCUT2D eigenvalue weighted by Crippen LogP contribution is -2.44. The monoisotopic (exact) mass is 361 g/mol. The van der Waals surface area contributed by atoms with Crippen molar-refractivity contribution < 1.29 is 17.9 Å². The molecule has 0 saturated carbocycles. The predicted octanol–water partition coefficient (Wildman–Crippen LogP) is 3.02. The van der Waals surface area contributed by atoms with Gasteiger partial charge in [-0.15, -0.1) is 0 Å². The average Bonchev–Trinajstić information content (AvgIpc) is 2.84. The molecule has 134 valence electrons. The van der Waals surface area contributed by atoms with Gasteiger partial charge >= 0.3 is 0 Å². The van der Waals surface area contributed by atoms with E-state index >= 15 is 0 Å². The number of hydrogen-bond acceptors (Lipinski definition) is 4. The second kappa shape index (κ2) is 8.55. The zero-order valence-corrected chi connectivity index (χ0v) is 16.9. The van der Waals surface area contributed by atoms with Crippen LogP contribution in [0.25, 0.3) is 0 Å². The summed E-state index contributed by atoms with van der Waals surface area (Å²) >= 11 is 0. The van der Waals surface area contributed by atoms with Crippen LogP contribution in [0.5, 0.6) is 0 Å². The molecular weight excluding hydrogens is 330 g/mol. The van der Waals surface area contributed by atoms with Gasteiger partial charge in [-0.05, 0) is 44.7 Å². The molecule has 0 amide bonds. The van der Waals surface area contributed by atoms with Gasteiger partial charge in [-0.2, -0.15) is 4.31 Å². The molecule has 0 spiro atoms. The zero-order valence-electron chi connectivity index (χ0n) is 15.0. The Morgan fingerprint density at radius 3 is 2.48 bits per heavy atom. The van der Waals surface area contributed by atoms with E-state index in [-0.39, 0.29) is 23.8 Å². The van der Waals surface area contributed by atoms with Crippen molar-refractivity contribution in [1.82, 2.24) is 4.31 Å². The number of methoxy groups -OCH3 is 1. The Balaban J connectivity index is 2.77. The van der Waals surface area contributed by atoms with Crippen LogP contribution in [0.15, 0.2) is 12.2 Å². The molecule has 1 fully saturated rings. The normalized spacial score (nSPS) is 23.7. The SMILES string of the molecule is COC1CCC(CC/C=C/C(C)=O)N1S(=O)(=O)CC[Si](C)(C)C. The molecule has 0 aromatic rings. The van der Waals surface area contributed by atoms with Gasteiger partial charge in [-0.25, -0.2) is 8.42 Å². The molecule has 1 heterocycles. The van der Waals surface area contributed by atoms with E-state index in [0.29, 0.717) is 6.42 Å². The van der Waals surface area contributed by atoms with E-state index in [0.717, 1.165) is 25.3 Å². The van der Waals surface area contributed by atoms with Crippen molar-refractivity contribution in [2.24, 2.45) is 0 Å². The minimum Gasteiger partial charge on any atom is -0.365 e. The minimum atomic E-state index is -3.31. The molecule has 0 aromatic heterocycles. The molecule has 7 heteroatoms. The van der Waals surface area contributed by atoms with Crippen LogP contribution < -0.4 is 0 Å².